The molecule has 7 heterocycles. The molecular weight excluding hydrogens is 1570 g/mol. The van der Waals surface area contributed by atoms with Gasteiger partial charge >= 0.3 is 5.97 Å². The highest BCUT2D eigenvalue weighted by atomic mass is 35.5. The molecule has 0 aromatic heterocycles. The molecule has 18 atom stereocenters. The Morgan fingerprint density at radius 3 is 1.93 bits per heavy atom. The van der Waals surface area contributed by atoms with Gasteiger partial charge in [0.25, 0.3) is 0 Å². The molecule has 37 heteroatoms. The van der Waals surface area contributed by atoms with Gasteiger partial charge in [-0.25, -0.2) is 4.79 Å². The summed E-state index contributed by atoms with van der Waals surface area (Å²) in [6.07, 6.45) is -19.1. The fourth-order valence-corrected chi connectivity index (χ4v) is 14.9. The first-order valence-electron chi connectivity index (χ1n) is 37.0. The number of aliphatic hydroxyl groups is 6. The molecule has 0 spiro atoms. The van der Waals surface area contributed by atoms with Crippen molar-refractivity contribution in [2.75, 3.05) is 13.7 Å². The van der Waals surface area contributed by atoms with Crippen LogP contribution in [0, 0.1) is 5.92 Å². The summed E-state index contributed by atoms with van der Waals surface area (Å²) in [5, 5.41) is 147. The molecule has 0 radical (unpaired) electrons. The van der Waals surface area contributed by atoms with Gasteiger partial charge in [-0.1, -0.05) is 91.6 Å². The van der Waals surface area contributed by atoms with Gasteiger partial charge in [-0.05, 0) is 133 Å². The lowest BCUT2D eigenvalue weighted by Crippen LogP contribution is -2.65. The van der Waals surface area contributed by atoms with Crippen molar-refractivity contribution >= 4 is 70.5 Å². The molecule has 117 heavy (non-hydrogen) atoms. The Morgan fingerprint density at radius 1 is 0.667 bits per heavy atom. The SMILES string of the molecule is CN[C@H](CC(C)C)C(=O)N[C@H]1C(=O)N[C@@H](CC(N)=O)C(=O)N[C@H]2C(=O)N[C@H]3C(=O)N[C@H](C(=O)N[C@H](C(=O)O)c4cc(O)cc(O)c4-c4cc3ccc4O)[C@H](O)c3ccc(c(Cl)c3)Oc3cc2cc(c3O[C@@H]2O[C@H](CO)[C@@H](O)[C@H](O)[C@H]2O[C@H]2C[C@](C)(NCc3ccc(OCc4ccccc4)c(O)c3)[C@H](O)[C@H](C)O2)Oc2ccc(cc2Cl)[C@H]1O. The van der Waals surface area contributed by atoms with Gasteiger partial charge in [0, 0.05) is 41.3 Å². The third kappa shape index (κ3) is 18.8. The van der Waals surface area contributed by atoms with E-state index in [1.54, 1.807) is 19.1 Å². The number of rotatable bonds is 19. The van der Waals surface area contributed by atoms with E-state index < -0.39 is 237 Å². The predicted octanol–water partition coefficient (Wildman–Crippen LogP) is 3.22. The first-order valence-corrected chi connectivity index (χ1v) is 37.8. The minimum absolute atomic E-state index is 0.0294. The van der Waals surface area contributed by atoms with Crippen LogP contribution in [0.15, 0.2) is 127 Å². The van der Waals surface area contributed by atoms with E-state index in [1.807, 2.05) is 44.2 Å². The van der Waals surface area contributed by atoms with Gasteiger partial charge in [-0.15, -0.1) is 0 Å². The maximum atomic E-state index is 16.2. The average Bonchev–Trinajstić information content (AvgIpc) is 0.766. The number of ether oxygens (including phenoxy) is 7. The second-order valence-electron chi connectivity index (χ2n) is 29.6. The minimum atomic E-state index is -2.38. The fourth-order valence-electron chi connectivity index (χ4n) is 14.5. The maximum Gasteiger partial charge on any atom is 0.330 e. The van der Waals surface area contributed by atoms with Gasteiger partial charge in [0.2, 0.25) is 53.4 Å². The zero-order valence-electron chi connectivity index (χ0n) is 63.1. The molecule has 7 aliphatic rings. The number of carbonyl (C=O) groups is 8. The predicted molar refractivity (Wildman–Crippen MR) is 411 cm³/mol. The van der Waals surface area contributed by atoms with Crippen LogP contribution >= 0.6 is 23.2 Å². The van der Waals surface area contributed by atoms with Crippen molar-refractivity contribution in [1.82, 2.24) is 42.5 Å². The summed E-state index contributed by atoms with van der Waals surface area (Å²) in [4.78, 5) is 118. The number of nitrogens with two attached hydrogens (primary N) is 1. The van der Waals surface area contributed by atoms with Crippen molar-refractivity contribution in [2.45, 2.75) is 169 Å². The number of likely N-dealkylation sites (N-methyl/N-ethyl adjacent to an activating group) is 1. The lowest BCUT2D eigenvalue weighted by atomic mass is 9.84. The molecule has 21 N–H and O–H groups in total. The van der Waals surface area contributed by atoms with Crippen molar-refractivity contribution in [3.63, 3.8) is 0 Å². The number of primary amides is 1. The third-order valence-electron chi connectivity index (χ3n) is 20.7. The first kappa shape index (κ1) is 85.2. The minimum Gasteiger partial charge on any atom is -0.508 e. The quantitative estimate of drug-likeness (QED) is 0.0552. The van der Waals surface area contributed by atoms with Crippen molar-refractivity contribution < 1.29 is 128 Å². The number of halogens is 2. The van der Waals surface area contributed by atoms with Crippen molar-refractivity contribution in [1.29, 1.82) is 0 Å². The number of carboxylic acids is 1. The standard InChI is InChI=1S/C80H87Cl2N9O26/c1-33(2)19-46(84-5)72(103)90-63-65(98)38-13-17-51(44(81)22-38)113-54-24-40-25-55(69(54)117-79-70(68(101)67(100)56(31-92)115-79)116-58-29-80(4,71(102)34(3)112-58)85-30-36-11-16-53(49(95)20-36)111-32-35-9-7-6-8-10-35)114-52-18-14-39(23-45(52)82)66(99)64-77(108)89-62(78(109)110)43-26-41(93)27-50(96)59(43)42-21-37(12-15-48(42)94)60(74(105)91-64)88-75(106)61(40)87-73(104)47(28-57(83)97)86-76(63)107/h6-18,20-27,33-34,46-47,56,58,60-68,70-71,79,84-85,92-96,98-102H,19,28-32H2,1-5H3,(H2,83,97)(H,86,107)(H,87,104)(H,88,106)(H,89,108)(H,90,103)(H,91,105)(H,109,110)/t34-,46+,47-,56+,58-,60+,61+,62-,63+,64-,65+,66+,67+,68-,70+,71+,79-,80-/m0/s1. The highest BCUT2D eigenvalue weighted by Gasteiger charge is 2.52. The van der Waals surface area contributed by atoms with Crippen LogP contribution in [-0.2, 0) is 65.7 Å². The summed E-state index contributed by atoms with van der Waals surface area (Å²) >= 11 is 14.3. The molecule has 35 nitrogen and oxygen atoms in total. The number of hydrogen-bond acceptors (Lipinski definition) is 27. The van der Waals surface area contributed by atoms with Crippen LogP contribution in [0.5, 0.6) is 57.5 Å². The molecular formula is C80H87Cl2N9O26. The molecule has 2 fully saturated rings. The number of aliphatic hydroxyl groups excluding tert-OH is 6. The van der Waals surface area contributed by atoms with E-state index in [0.29, 0.717) is 5.56 Å². The monoisotopic (exact) mass is 1660 g/mol. The number of phenolic OH excluding ortho intramolecular Hbond substituents is 4. The highest BCUT2D eigenvalue weighted by Crippen LogP contribution is 2.50. The number of aliphatic carboxylic acids is 1. The lowest BCUT2D eigenvalue weighted by molar-refractivity contribution is -0.334. The molecule has 7 aromatic rings. The van der Waals surface area contributed by atoms with Crippen LogP contribution in [0.3, 0.4) is 0 Å². The van der Waals surface area contributed by atoms with E-state index in [9.17, 15) is 80.1 Å². The van der Waals surface area contributed by atoms with E-state index in [-0.39, 0.29) is 70.9 Å². The summed E-state index contributed by atoms with van der Waals surface area (Å²) in [6.45, 7) is 6.01. The van der Waals surface area contributed by atoms with Crippen LogP contribution in [0.25, 0.3) is 11.1 Å². The van der Waals surface area contributed by atoms with E-state index in [1.165, 1.54) is 32.2 Å². The lowest BCUT2D eigenvalue weighted by Gasteiger charge is -2.48. The summed E-state index contributed by atoms with van der Waals surface area (Å²) in [7, 11) is 1.47. The van der Waals surface area contributed by atoms with E-state index in [0.717, 1.165) is 72.3 Å². The number of amides is 7. The van der Waals surface area contributed by atoms with Gasteiger partial charge in [-0.3, -0.25) is 33.6 Å². The molecule has 7 amide bonds. The fraction of sp³-hybridized carbons (Fsp3) is 0.375. The summed E-state index contributed by atoms with van der Waals surface area (Å²) in [5.74, 6) is -16.2. The molecule has 11 bridgehead atoms. The van der Waals surface area contributed by atoms with Gasteiger partial charge in [-0.2, -0.15) is 0 Å². The Morgan fingerprint density at radius 2 is 1.31 bits per heavy atom. The summed E-state index contributed by atoms with van der Waals surface area (Å²) in [5.41, 5.74) is 2.94. The first-order chi connectivity index (χ1) is 55.6. The van der Waals surface area contributed by atoms with Crippen molar-refractivity contribution in [3.8, 4) is 68.6 Å². The molecule has 7 aromatic carbocycles. The Balaban J connectivity index is 1.03. The average molecular weight is 1660 g/mol. The number of carbonyl (C=O) groups excluding carboxylic acids is 7. The van der Waals surface area contributed by atoms with Crippen molar-refractivity contribution in [3.05, 3.63) is 176 Å². The highest BCUT2D eigenvalue weighted by molar-refractivity contribution is 6.32. The number of fused-ring (bicyclic) bond motifs is 15. The van der Waals surface area contributed by atoms with E-state index in [2.05, 4.69) is 42.5 Å². The molecule has 622 valence electrons. The van der Waals surface area contributed by atoms with Crippen LogP contribution in [0.2, 0.25) is 10.0 Å². The van der Waals surface area contributed by atoms with Crippen LogP contribution in [0.4, 0.5) is 0 Å². The maximum absolute atomic E-state index is 16.2. The zero-order chi connectivity index (χ0) is 84.3. The van der Waals surface area contributed by atoms with Gasteiger partial charge in [0.05, 0.1) is 41.3 Å². The van der Waals surface area contributed by atoms with Gasteiger partial charge in [0.15, 0.2) is 41.4 Å². The Labute approximate surface area is 677 Å². The molecule has 0 aliphatic carbocycles. The number of phenols is 4. The summed E-state index contributed by atoms with van der Waals surface area (Å²) in [6, 6.07) is 13.2. The van der Waals surface area contributed by atoms with E-state index in [4.69, 9.17) is 62.1 Å². The third-order valence-corrected chi connectivity index (χ3v) is 21.3. The molecule has 0 saturated carbocycles. The van der Waals surface area contributed by atoms with E-state index >= 15 is 14.4 Å². The van der Waals surface area contributed by atoms with Crippen LogP contribution in [0.1, 0.15) is 116 Å². The van der Waals surface area contributed by atoms with Gasteiger partial charge < -0.3 is 138 Å². The Bertz CT molecular complexity index is 4950. The number of benzene rings is 7. The largest absolute Gasteiger partial charge is 0.508 e. The smallest absolute Gasteiger partial charge is 0.330 e. The second kappa shape index (κ2) is 35.7. The molecule has 0 unspecified atom stereocenters. The number of aromatic hydroxyl groups is 4. The molecule has 7 aliphatic heterocycles. The number of nitrogens with one attached hydrogen (secondary N) is 8. The summed E-state index contributed by atoms with van der Waals surface area (Å²) < 4.78 is 45.2. The van der Waals surface area contributed by atoms with Gasteiger partial charge in [0.1, 0.15) is 96.1 Å². The normalized spacial score (nSPS) is 26.9. The Kier molecular flexibility index (Phi) is 26.0. The van der Waals surface area contributed by atoms with Crippen LogP contribution < -0.4 is 67.2 Å². The zero-order valence-corrected chi connectivity index (χ0v) is 64.6. The molecule has 14 rings (SSSR count). The Hall–Kier alpha value is -11.2. The topological polar surface area (TPSA) is 546 Å². The van der Waals surface area contributed by atoms with Crippen molar-refractivity contribution in [2.24, 2.45) is 11.7 Å². The second-order valence-corrected chi connectivity index (χ2v) is 30.4. The molecule has 2 saturated heterocycles. The van der Waals surface area contributed by atoms with Crippen LogP contribution in [-0.4, -0.2) is 196 Å². The number of carboxylic acid groups (broad SMARTS) is 1. The number of hydrogen-bond donors (Lipinski definition) is 20.